The van der Waals surface area contributed by atoms with Crippen molar-refractivity contribution < 1.29 is 9.90 Å². The number of aryl methyl sites for hydroxylation is 1. The molecule has 0 aliphatic heterocycles. The first kappa shape index (κ1) is 14.4. The molecule has 0 radical (unpaired) electrons. The maximum atomic E-state index is 10.7. The number of carboxylic acids is 1. The summed E-state index contributed by atoms with van der Waals surface area (Å²) in [6, 6.07) is 0. The van der Waals surface area contributed by atoms with Gasteiger partial charge in [-0.25, -0.2) is 0 Å². The van der Waals surface area contributed by atoms with Crippen LogP contribution in [0, 0.1) is 11.8 Å². The second-order valence-electron chi connectivity index (χ2n) is 5.33. The predicted octanol–water partition coefficient (Wildman–Crippen LogP) is 2.45. The summed E-state index contributed by atoms with van der Waals surface area (Å²) in [5, 5.41) is 17.8. The molecule has 106 valence electrons. The van der Waals surface area contributed by atoms with E-state index in [1.54, 1.807) is 0 Å². The number of hydrogen-bond donors (Lipinski definition) is 1. The van der Waals surface area contributed by atoms with E-state index in [-0.39, 0.29) is 5.75 Å². The van der Waals surface area contributed by atoms with Crippen LogP contribution in [0.25, 0.3) is 0 Å². The summed E-state index contributed by atoms with van der Waals surface area (Å²) in [5.41, 5.74) is 0. The summed E-state index contributed by atoms with van der Waals surface area (Å²) < 4.78 is 2.12. The number of aromatic nitrogens is 3. The van der Waals surface area contributed by atoms with Gasteiger partial charge in [0.05, 0.1) is 5.75 Å². The van der Waals surface area contributed by atoms with Gasteiger partial charge in [0.1, 0.15) is 5.82 Å². The van der Waals surface area contributed by atoms with Crippen LogP contribution in [0.15, 0.2) is 5.16 Å². The van der Waals surface area contributed by atoms with Crippen LogP contribution in [-0.2, 0) is 17.8 Å². The average Bonchev–Trinajstić information content (AvgIpc) is 2.94. The average molecular weight is 283 g/mol. The van der Waals surface area contributed by atoms with Crippen LogP contribution in [0.2, 0.25) is 0 Å². The lowest BCUT2D eigenvalue weighted by Gasteiger charge is -2.14. The summed E-state index contributed by atoms with van der Waals surface area (Å²) in [4.78, 5) is 10.7. The van der Waals surface area contributed by atoms with Gasteiger partial charge in [0, 0.05) is 13.0 Å². The van der Waals surface area contributed by atoms with E-state index in [0.717, 1.165) is 29.9 Å². The van der Waals surface area contributed by atoms with E-state index in [1.807, 2.05) is 0 Å². The van der Waals surface area contributed by atoms with Gasteiger partial charge in [0.15, 0.2) is 5.16 Å². The molecule has 0 spiro atoms. The molecule has 2 unspecified atom stereocenters. The second-order valence-corrected chi connectivity index (χ2v) is 6.27. The summed E-state index contributed by atoms with van der Waals surface area (Å²) in [5.74, 6) is 1.69. The first-order valence-corrected chi connectivity index (χ1v) is 7.85. The number of aliphatic carboxylic acids is 1. The molecule has 0 bridgehead atoms. The van der Waals surface area contributed by atoms with E-state index in [2.05, 4.69) is 28.6 Å². The number of hydrogen-bond acceptors (Lipinski definition) is 4. The molecule has 2 rings (SSSR count). The predicted molar refractivity (Wildman–Crippen MR) is 74.3 cm³/mol. The fraction of sp³-hybridized carbons (Fsp3) is 0.769. The number of nitrogens with zero attached hydrogens (tertiary/aromatic N) is 3. The van der Waals surface area contributed by atoms with Crippen molar-refractivity contribution in [2.24, 2.45) is 11.8 Å². The van der Waals surface area contributed by atoms with Crippen LogP contribution in [0.1, 0.15) is 38.9 Å². The van der Waals surface area contributed by atoms with Gasteiger partial charge < -0.3 is 9.67 Å². The molecule has 1 aliphatic rings. The zero-order valence-electron chi connectivity index (χ0n) is 11.5. The van der Waals surface area contributed by atoms with Gasteiger partial charge in [-0.05, 0) is 24.7 Å². The highest BCUT2D eigenvalue weighted by Gasteiger charge is 2.24. The zero-order chi connectivity index (χ0) is 13.8. The standard InChI is InChI=1S/C13H21N3O2S/c1-3-11-14-15-13(19-8-12(17)18)16(11)7-10-5-4-9(2)6-10/h9-10H,3-8H2,1-2H3,(H,17,18). The highest BCUT2D eigenvalue weighted by Crippen LogP contribution is 2.32. The van der Waals surface area contributed by atoms with Gasteiger partial charge in [0.2, 0.25) is 0 Å². The van der Waals surface area contributed by atoms with Crippen molar-refractivity contribution >= 4 is 17.7 Å². The fourth-order valence-electron chi connectivity index (χ4n) is 2.75. The van der Waals surface area contributed by atoms with Gasteiger partial charge in [-0.1, -0.05) is 32.0 Å². The van der Waals surface area contributed by atoms with E-state index >= 15 is 0 Å². The van der Waals surface area contributed by atoms with Crippen molar-refractivity contribution in [3.05, 3.63) is 5.82 Å². The molecular weight excluding hydrogens is 262 g/mol. The number of thioether (sulfide) groups is 1. The Hall–Kier alpha value is -1.04. The zero-order valence-corrected chi connectivity index (χ0v) is 12.3. The molecule has 1 aromatic heterocycles. The first-order chi connectivity index (χ1) is 9.10. The third-order valence-corrected chi connectivity index (χ3v) is 4.63. The lowest BCUT2D eigenvalue weighted by Crippen LogP contribution is -2.12. The van der Waals surface area contributed by atoms with E-state index in [9.17, 15) is 4.79 Å². The van der Waals surface area contributed by atoms with Crippen LogP contribution < -0.4 is 0 Å². The molecule has 0 saturated heterocycles. The Morgan fingerprint density at radius 2 is 2.26 bits per heavy atom. The molecule has 5 nitrogen and oxygen atoms in total. The highest BCUT2D eigenvalue weighted by atomic mass is 32.2. The van der Waals surface area contributed by atoms with E-state index in [1.165, 1.54) is 31.0 Å². The molecular formula is C13H21N3O2S. The van der Waals surface area contributed by atoms with E-state index < -0.39 is 5.97 Å². The minimum Gasteiger partial charge on any atom is -0.481 e. The topological polar surface area (TPSA) is 68.0 Å². The van der Waals surface area contributed by atoms with Crippen molar-refractivity contribution in [2.45, 2.75) is 51.2 Å². The molecule has 2 atom stereocenters. The highest BCUT2D eigenvalue weighted by molar-refractivity contribution is 7.99. The van der Waals surface area contributed by atoms with E-state index in [4.69, 9.17) is 5.11 Å². The van der Waals surface area contributed by atoms with Gasteiger partial charge >= 0.3 is 5.97 Å². The van der Waals surface area contributed by atoms with Crippen LogP contribution in [-0.4, -0.2) is 31.6 Å². The maximum absolute atomic E-state index is 10.7. The largest absolute Gasteiger partial charge is 0.481 e. The van der Waals surface area contributed by atoms with Crippen molar-refractivity contribution in [1.82, 2.24) is 14.8 Å². The molecule has 6 heteroatoms. The third kappa shape index (κ3) is 3.72. The van der Waals surface area contributed by atoms with Crippen LogP contribution >= 0.6 is 11.8 Å². The summed E-state index contributed by atoms with van der Waals surface area (Å²) >= 11 is 1.27. The third-order valence-electron chi connectivity index (χ3n) is 3.68. The Morgan fingerprint density at radius 1 is 1.47 bits per heavy atom. The van der Waals surface area contributed by atoms with Gasteiger partial charge in [-0.3, -0.25) is 4.79 Å². The van der Waals surface area contributed by atoms with Gasteiger partial charge in [-0.15, -0.1) is 10.2 Å². The molecule has 1 heterocycles. The van der Waals surface area contributed by atoms with Gasteiger partial charge in [-0.2, -0.15) is 0 Å². The van der Waals surface area contributed by atoms with Crippen LogP contribution in [0.3, 0.4) is 0 Å². The molecule has 1 saturated carbocycles. The smallest absolute Gasteiger partial charge is 0.313 e. The Morgan fingerprint density at radius 3 is 2.84 bits per heavy atom. The Labute approximate surface area is 117 Å². The van der Waals surface area contributed by atoms with Crippen LogP contribution in [0.5, 0.6) is 0 Å². The number of rotatable bonds is 6. The molecule has 1 fully saturated rings. The summed E-state index contributed by atoms with van der Waals surface area (Å²) in [6.45, 7) is 5.29. The maximum Gasteiger partial charge on any atom is 0.313 e. The minimum absolute atomic E-state index is 0.0446. The molecule has 1 N–H and O–H groups in total. The van der Waals surface area contributed by atoms with E-state index in [0.29, 0.717) is 5.92 Å². The normalized spacial score (nSPS) is 22.8. The fourth-order valence-corrected chi connectivity index (χ4v) is 3.43. The molecule has 19 heavy (non-hydrogen) atoms. The first-order valence-electron chi connectivity index (χ1n) is 6.86. The Bertz CT molecular complexity index is 447. The van der Waals surface area contributed by atoms with Crippen molar-refractivity contribution in [3.63, 3.8) is 0 Å². The monoisotopic (exact) mass is 283 g/mol. The number of carbonyl (C=O) groups is 1. The lowest BCUT2D eigenvalue weighted by atomic mass is 10.1. The Balaban J connectivity index is 2.07. The van der Waals surface area contributed by atoms with Crippen LogP contribution in [0.4, 0.5) is 0 Å². The van der Waals surface area contributed by atoms with Crippen molar-refractivity contribution in [2.75, 3.05) is 5.75 Å². The summed E-state index contributed by atoms with van der Waals surface area (Å²) in [6.07, 6.45) is 4.64. The number of carboxylic acid groups (broad SMARTS) is 1. The van der Waals surface area contributed by atoms with Gasteiger partial charge in [0.25, 0.3) is 0 Å². The van der Waals surface area contributed by atoms with Crippen molar-refractivity contribution in [1.29, 1.82) is 0 Å². The molecule has 1 aromatic rings. The molecule has 0 amide bonds. The SMILES string of the molecule is CCc1nnc(SCC(=O)O)n1CC1CCC(C)C1. The summed E-state index contributed by atoms with van der Waals surface area (Å²) in [7, 11) is 0. The molecule has 0 aromatic carbocycles. The second kappa shape index (κ2) is 6.41. The lowest BCUT2D eigenvalue weighted by molar-refractivity contribution is -0.133. The molecule has 1 aliphatic carbocycles. The Kier molecular flexibility index (Phi) is 4.85. The minimum atomic E-state index is -0.813. The van der Waals surface area contributed by atoms with Crippen molar-refractivity contribution in [3.8, 4) is 0 Å². The quantitative estimate of drug-likeness (QED) is 0.812.